The first-order valence-corrected chi connectivity index (χ1v) is 8.53. The number of carbonyl (C=O) groups is 1. The van der Waals surface area contributed by atoms with Crippen molar-refractivity contribution in [2.24, 2.45) is 5.41 Å². The van der Waals surface area contributed by atoms with Gasteiger partial charge in [0.15, 0.2) is 4.67 Å². The molecule has 1 aliphatic rings. The number of hydrogen-bond acceptors (Lipinski definition) is 4. The summed E-state index contributed by atoms with van der Waals surface area (Å²) in [4.78, 5) is 10.6. The third-order valence-corrected chi connectivity index (χ3v) is 5.91. The second-order valence-electron chi connectivity index (χ2n) is 5.40. The minimum Gasteiger partial charge on any atom is -0.475 e. The van der Waals surface area contributed by atoms with Crippen molar-refractivity contribution in [1.29, 1.82) is 0 Å². The van der Waals surface area contributed by atoms with E-state index in [4.69, 9.17) is 9.52 Å². The van der Waals surface area contributed by atoms with Crippen molar-refractivity contribution >= 4 is 31.9 Å². The number of sulfonamides is 1. The van der Waals surface area contributed by atoms with E-state index in [1.165, 1.54) is 0 Å². The molecular weight excluding hydrogens is 350 g/mol. The van der Waals surface area contributed by atoms with Gasteiger partial charge in [0.2, 0.25) is 15.8 Å². The fraction of sp³-hybridized carbons (Fsp3) is 0.583. The summed E-state index contributed by atoms with van der Waals surface area (Å²) in [7, 11) is -3.78. The molecule has 1 heterocycles. The van der Waals surface area contributed by atoms with Crippen LogP contribution >= 0.6 is 15.9 Å². The lowest BCUT2D eigenvalue weighted by molar-refractivity contribution is 0.0661. The highest BCUT2D eigenvalue weighted by atomic mass is 79.9. The quantitative estimate of drug-likeness (QED) is 0.835. The van der Waals surface area contributed by atoms with Crippen molar-refractivity contribution in [3.63, 3.8) is 0 Å². The smallest absolute Gasteiger partial charge is 0.371 e. The van der Waals surface area contributed by atoms with Crippen molar-refractivity contribution < 1.29 is 22.7 Å². The monoisotopic (exact) mass is 365 g/mol. The lowest BCUT2D eigenvalue weighted by Crippen LogP contribution is -2.34. The summed E-state index contributed by atoms with van der Waals surface area (Å²) in [5, 5.41) is 8.80. The van der Waals surface area contributed by atoms with Gasteiger partial charge in [0.05, 0.1) is 0 Å². The first-order chi connectivity index (χ1) is 9.23. The second-order valence-corrected chi connectivity index (χ2v) is 7.85. The van der Waals surface area contributed by atoms with Crippen molar-refractivity contribution in [1.82, 2.24) is 4.72 Å². The predicted octanol–water partition coefficient (Wildman–Crippen LogP) is 2.60. The molecule has 0 amide bonds. The van der Waals surface area contributed by atoms with E-state index in [0.29, 0.717) is 6.54 Å². The summed E-state index contributed by atoms with van der Waals surface area (Å²) >= 11 is 2.94. The maximum atomic E-state index is 12.2. The predicted molar refractivity (Wildman–Crippen MR) is 75.1 cm³/mol. The highest BCUT2D eigenvalue weighted by molar-refractivity contribution is 9.10. The Bertz CT molecular complexity index is 616. The van der Waals surface area contributed by atoms with Crippen molar-refractivity contribution in [2.75, 3.05) is 6.54 Å². The maximum absolute atomic E-state index is 12.2. The number of nitrogens with one attached hydrogen (secondary N) is 1. The van der Waals surface area contributed by atoms with Gasteiger partial charge < -0.3 is 9.52 Å². The van der Waals surface area contributed by atoms with E-state index in [9.17, 15) is 13.2 Å². The molecule has 8 heteroatoms. The SMILES string of the molecule is CC1(CNS(=O)(=O)c2cc(C(=O)O)oc2Br)CCCC1. The van der Waals surface area contributed by atoms with Gasteiger partial charge in [-0.15, -0.1) is 0 Å². The van der Waals surface area contributed by atoms with Crippen LogP contribution in [-0.4, -0.2) is 26.0 Å². The summed E-state index contributed by atoms with van der Waals surface area (Å²) in [6.45, 7) is 2.39. The van der Waals surface area contributed by atoms with Crippen LogP contribution in [0.3, 0.4) is 0 Å². The molecule has 0 unspecified atom stereocenters. The Morgan fingerprint density at radius 2 is 2.10 bits per heavy atom. The van der Waals surface area contributed by atoms with E-state index in [0.717, 1.165) is 31.7 Å². The number of rotatable bonds is 5. The van der Waals surface area contributed by atoms with E-state index in [1.54, 1.807) is 0 Å². The Morgan fingerprint density at radius 3 is 2.60 bits per heavy atom. The number of halogens is 1. The summed E-state index contributed by atoms with van der Waals surface area (Å²) in [5.41, 5.74) is -0.0289. The molecule has 1 fully saturated rings. The fourth-order valence-electron chi connectivity index (χ4n) is 2.39. The Morgan fingerprint density at radius 1 is 1.50 bits per heavy atom. The lowest BCUT2D eigenvalue weighted by Gasteiger charge is -2.23. The van der Waals surface area contributed by atoms with Gasteiger partial charge in [0, 0.05) is 12.6 Å². The molecule has 0 radical (unpaired) electrons. The van der Waals surface area contributed by atoms with E-state index in [-0.39, 0.29) is 15.0 Å². The van der Waals surface area contributed by atoms with Crippen molar-refractivity contribution in [3.05, 3.63) is 16.5 Å². The minimum atomic E-state index is -3.78. The molecule has 1 saturated carbocycles. The zero-order valence-corrected chi connectivity index (χ0v) is 13.4. The van der Waals surface area contributed by atoms with Gasteiger partial charge in [0.1, 0.15) is 4.90 Å². The van der Waals surface area contributed by atoms with Gasteiger partial charge in [-0.3, -0.25) is 0 Å². The number of hydrogen-bond donors (Lipinski definition) is 2. The van der Waals surface area contributed by atoms with Gasteiger partial charge in [-0.25, -0.2) is 17.9 Å². The van der Waals surface area contributed by atoms with Crippen LogP contribution < -0.4 is 4.72 Å². The molecule has 0 spiro atoms. The summed E-state index contributed by atoms with van der Waals surface area (Å²) in [5.74, 6) is -1.72. The molecule has 1 aliphatic carbocycles. The minimum absolute atomic E-state index is 0.0289. The molecule has 6 nitrogen and oxygen atoms in total. The Kier molecular flexibility index (Phi) is 4.27. The Labute approximate surface area is 125 Å². The van der Waals surface area contributed by atoms with Crippen LogP contribution in [0, 0.1) is 5.41 Å². The van der Waals surface area contributed by atoms with E-state index in [2.05, 4.69) is 27.6 Å². The third kappa shape index (κ3) is 3.24. The molecule has 20 heavy (non-hydrogen) atoms. The number of carboxylic acids is 1. The van der Waals surface area contributed by atoms with Crippen LogP contribution in [0.5, 0.6) is 0 Å². The molecule has 2 rings (SSSR count). The zero-order chi connectivity index (χ0) is 15.0. The van der Waals surface area contributed by atoms with Gasteiger partial charge in [-0.05, 0) is 34.2 Å². The largest absolute Gasteiger partial charge is 0.475 e. The molecular formula is C12H16BrNO5S. The topological polar surface area (TPSA) is 96.6 Å². The summed E-state index contributed by atoms with van der Waals surface area (Å²) in [6.07, 6.45) is 4.19. The Balaban J connectivity index is 2.16. The van der Waals surface area contributed by atoms with E-state index < -0.39 is 21.8 Å². The van der Waals surface area contributed by atoms with E-state index >= 15 is 0 Å². The molecule has 0 bridgehead atoms. The highest BCUT2D eigenvalue weighted by Gasteiger charge is 2.32. The normalized spacial score (nSPS) is 18.3. The second kappa shape index (κ2) is 5.50. The first kappa shape index (κ1) is 15.5. The molecule has 0 aliphatic heterocycles. The third-order valence-electron chi connectivity index (χ3n) is 3.66. The maximum Gasteiger partial charge on any atom is 0.371 e. The number of aromatic carboxylic acids is 1. The van der Waals surface area contributed by atoms with Crippen LogP contribution in [0.15, 0.2) is 20.0 Å². The van der Waals surface area contributed by atoms with Crippen molar-refractivity contribution in [2.45, 2.75) is 37.5 Å². The molecule has 1 aromatic heterocycles. The van der Waals surface area contributed by atoms with E-state index in [1.807, 2.05) is 0 Å². The highest BCUT2D eigenvalue weighted by Crippen LogP contribution is 2.37. The van der Waals surface area contributed by atoms with Crippen LogP contribution in [-0.2, 0) is 10.0 Å². The standard InChI is InChI=1S/C12H16BrNO5S/c1-12(4-2-3-5-12)7-14-20(17,18)9-6-8(11(15)16)19-10(9)13/h6,14H,2-5,7H2,1H3,(H,15,16). The van der Waals surface area contributed by atoms with Crippen LogP contribution in [0.25, 0.3) is 0 Å². The summed E-state index contributed by atoms with van der Waals surface area (Å²) in [6, 6.07) is 1.01. The number of carboxylic acid groups (broad SMARTS) is 1. The fourth-order valence-corrected chi connectivity index (χ4v) is 4.53. The van der Waals surface area contributed by atoms with Gasteiger partial charge in [-0.2, -0.15) is 0 Å². The van der Waals surface area contributed by atoms with Gasteiger partial charge in [0.25, 0.3) is 0 Å². The van der Waals surface area contributed by atoms with Crippen LogP contribution in [0.2, 0.25) is 0 Å². The molecule has 1 aromatic rings. The lowest BCUT2D eigenvalue weighted by atomic mass is 9.89. The number of furan rings is 1. The molecule has 0 atom stereocenters. The Hall–Kier alpha value is -0.860. The van der Waals surface area contributed by atoms with Crippen LogP contribution in [0.1, 0.15) is 43.2 Å². The summed E-state index contributed by atoms with van der Waals surface area (Å²) < 4.78 is 31.7. The van der Waals surface area contributed by atoms with Gasteiger partial charge in [-0.1, -0.05) is 19.8 Å². The molecule has 0 saturated heterocycles. The van der Waals surface area contributed by atoms with Crippen LogP contribution in [0.4, 0.5) is 0 Å². The molecule has 112 valence electrons. The molecule has 2 N–H and O–H groups in total. The zero-order valence-electron chi connectivity index (χ0n) is 11.0. The molecule has 0 aromatic carbocycles. The average Bonchev–Trinajstić information content (AvgIpc) is 2.94. The van der Waals surface area contributed by atoms with Crippen molar-refractivity contribution in [3.8, 4) is 0 Å². The first-order valence-electron chi connectivity index (χ1n) is 6.26. The average molecular weight is 366 g/mol. The van der Waals surface area contributed by atoms with Gasteiger partial charge >= 0.3 is 5.97 Å².